The van der Waals surface area contributed by atoms with Crippen LogP contribution in [0.15, 0.2) is 36.5 Å². The largest absolute Gasteiger partial charge is 0.391 e. The number of rotatable bonds is 23. The second kappa shape index (κ2) is 17.9. The molecule has 3 aliphatic heterocycles. The molecule has 46 heavy (non-hydrogen) atoms. The normalized spacial score (nSPS) is 19.7. The number of carbonyl (C=O) groups is 6. The highest BCUT2D eigenvalue weighted by Crippen LogP contribution is 2.22. The molecule has 0 fully saturated rings. The first-order chi connectivity index (χ1) is 21.9. The highest BCUT2D eigenvalue weighted by Gasteiger charge is 2.33. The van der Waals surface area contributed by atoms with E-state index >= 15 is 0 Å². The van der Waals surface area contributed by atoms with Crippen LogP contribution in [0.4, 0.5) is 0 Å². The minimum atomic E-state index is -1.02. The van der Waals surface area contributed by atoms with Crippen molar-refractivity contribution in [3.63, 3.8) is 0 Å². The smallest absolute Gasteiger partial charge is 0.253 e. The fourth-order valence-electron chi connectivity index (χ4n) is 4.82. The summed E-state index contributed by atoms with van der Waals surface area (Å²) in [5.74, 6) is -3.00. The third kappa shape index (κ3) is 11.0. The molecule has 254 valence electrons. The summed E-state index contributed by atoms with van der Waals surface area (Å²) < 4.78 is 22.9. The molecule has 3 N–H and O–H groups in total. The third-order valence-corrected chi connectivity index (χ3v) is 7.34. The molecule has 3 heterocycles. The van der Waals surface area contributed by atoms with Gasteiger partial charge in [0.2, 0.25) is 0 Å². The molecular weight excluding hydrogens is 610 g/mol. The van der Waals surface area contributed by atoms with Gasteiger partial charge in [0.25, 0.3) is 35.4 Å². The molecule has 3 unspecified atom stereocenters. The van der Waals surface area contributed by atoms with Crippen LogP contribution in [0.5, 0.6) is 0 Å². The van der Waals surface area contributed by atoms with E-state index in [0.29, 0.717) is 0 Å². The van der Waals surface area contributed by atoms with Crippen LogP contribution in [0.2, 0.25) is 0 Å². The highest BCUT2D eigenvalue weighted by molar-refractivity contribution is 6.14. The summed E-state index contributed by atoms with van der Waals surface area (Å²) in [7, 11) is 1.47. The van der Waals surface area contributed by atoms with Crippen LogP contribution < -0.4 is 0 Å². The van der Waals surface area contributed by atoms with Crippen molar-refractivity contribution in [1.82, 2.24) is 14.7 Å². The Hall–Kier alpha value is -3.64. The molecule has 0 saturated heterocycles. The van der Waals surface area contributed by atoms with Gasteiger partial charge in [0.15, 0.2) is 0 Å². The van der Waals surface area contributed by atoms with Gasteiger partial charge < -0.3 is 34.3 Å². The van der Waals surface area contributed by atoms with Gasteiger partial charge in [0, 0.05) is 63.4 Å². The minimum absolute atomic E-state index is 0.0344. The summed E-state index contributed by atoms with van der Waals surface area (Å²) in [6.07, 6.45) is 4.09. The van der Waals surface area contributed by atoms with Gasteiger partial charge in [0.05, 0.1) is 69.8 Å². The van der Waals surface area contributed by atoms with Crippen molar-refractivity contribution in [3.05, 3.63) is 36.5 Å². The maximum absolute atomic E-state index is 11.8. The standard InChI is InChI=1S/C30H41N3O13/c1-43-17-30(18-44-11-8-21(34)14-31-24(37)2-3-25(31)38,19-45-12-9-22(35)15-32-26(39)4-5-27(32)40)20-46-13-10-23(36)16-33-28(41)6-7-29(33)42/h2-7,21-23,34-36H,8-20H2,1H3. The van der Waals surface area contributed by atoms with E-state index in [-0.39, 0.29) is 85.1 Å². The summed E-state index contributed by atoms with van der Waals surface area (Å²) in [6, 6.07) is 0. The minimum Gasteiger partial charge on any atom is -0.391 e. The topological polar surface area (TPSA) is 210 Å². The lowest BCUT2D eigenvalue weighted by Crippen LogP contribution is -2.43. The quantitative estimate of drug-likeness (QED) is 0.0785. The van der Waals surface area contributed by atoms with Crippen LogP contribution in [-0.2, 0) is 47.7 Å². The van der Waals surface area contributed by atoms with E-state index in [2.05, 4.69) is 0 Å². The van der Waals surface area contributed by atoms with Gasteiger partial charge in [-0.05, 0) is 19.3 Å². The average molecular weight is 652 g/mol. The number of methoxy groups -OCH3 is 1. The molecule has 0 spiro atoms. The summed E-state index contributed by atoms with van der Waals surface area (Å²) in [4.78, 5) is 73.3. The van der Waals surface area contributed by atoms with Crippen molar-refractivity contribution in [1.29, 1.82) is 0 Å². The zero-order chi connectivity index (χ0) is 33.7. The Labute approximate surface area is 265 Å². The van der Waals surface area contributed by atoms with Crippen molar-refractivity contribution in [2.75, 3.05) is 73.0 Å². The van der Waals surface area contributed by atoms with E-state index < -0.39 is 59.2 Å². The van der Waals surface area contributed by atoms with Crippen LogP contribution in [0, 0.1) is 5.41 Å². The molecular formula is C30H41N3O13. The van der Waals surface area contributed by atoms with Crippen LogP contribution in [0.3, 0.4) is 0 Å². The van der Waals surface area contributed by atoms with Gasteiger partial charge in [-0.2, -0.15) is 0 Å². The Morgan fingerprint density at radius 1 is 0.522 bits per heavy atom. The highest BCUT2D eigenvalue weighted by atomic mass is 16.5. The van der Waals surface area contributed by atoms with Crippen molar-refractivity contribution >= 4 is 35.4 Å². The van der Waals surface area contributed by atoms with E-state index in [1.165, 1.54) is 7.11 Å². The number of carbonyl (C=O) groups excluding carboxylic acids is 6. The van der Waals surface area contributed by atoms with Gasteiger partial charge in [-0.15, -0.1) is 0 Å². The maximum atomic E-state index is 11.8. The lowest BCUT2D eigenvalue weighted by molar-refractivity contribution is -0.140. The Kier molecular flexibility index (Phi) is 14.3. The van der Waals surface area contributed by atoms with Gasteiger partial charge in [-0.1, -0.05) is 0 Å². The number of aliphatic hydroxyl groups is 3. The lowest BCUT2D eigenvalue weighted by atomic mass is 9.92. The number of imide groups is 3. The molecule has 3 atom stereocenters. The molecule has 16 heteroatoms. The number of ether oxygens (including phenoxy) is 4. The number of amides is 6. The Morgan fingerprint density at radius 3 is 1.02 bits per heavy atom. The molecule has 3 aliphatic rings. The van der Waals surface area contributed by atoms with Crippen molar-refractivity contribution in [2.45, 2.75) is 37.6 Å². The molecule has 3 rings (SSSR count). The van der Waals surface area contributed by atoms with Crippen molar-refractivity contribution in [2.24, 2.45) is 5.41 Å². The predicted molar refractivity (Wildman–Crippen MR) is 156 cm³/mol. The lowest BCUT2D eigenvalue weighted by Gasteiger charge is -2.33. The van der Waals surface area contributed by atoms with Crippen LogP contribution in [-0.4, -0.2) is 157 Å². The Bertz CT molecular complexity index is 1020. The Balaban J connectivity index is 1.49. The number of hydrogen-bond acceptors (Lipinski definition) is 13. The number of nitrogens with zero attached hydrogens (tertiary/aromatic N) is 3. The summed E-state index contributed by atoms with van der Waals surface area (Å²) in [5.41, 5.74) is -0.893. The average Bonchev–Trinajstić information content (AvgIpc) is 3.63. The van der Waals surface area contributed by atoms with E-state index in [4.69, 9.17) is 18.9 Å². The first-order valence-corrected chi connectivity index (χ1v) is 14.8. The third-order valence-electron chi connectivity index (χ3n) is 7.34. The second-order valence-electron chi connectivity index (χ2n) is 11.3. The van der Waals surface area contributed by atoms with E-state index in [9.17, 15) is 44.1 Å². The number of aliphatic hydroxyl groups excluding tert-OH is 3. The zero-order valence-electron chi connectivity index (χ0n) is 25.7. The molecule has 0 aliphatic carbocycles. The van der Waals surface area contributed by atoms with E-state index in [1.807, 2.05) is 0 Å². The van der Waals surface area contributed by atoms with Gasteiger partial charge in [0.1, 0.15) is 0 Å². The first kappa shape index (κ1) is 36.8. The fraction of sp³-hybridized carbons (Fsp3) is 0.600. The van der Waals surface area contributed by atoms with Crippen LogP contribution in [0.1, 0.15) is 19.3 Å². The van der Waals surface area contributed by atoms with Crippen molar-refractivity contribution in [3.8, 4) is 0 Å². The summed E-state index contributed by atoms with van der Waals surface area (Å²) in [6.45, 7) is -0.140. The molecule has 0 aromatic heterocycles. The molecule has 0 bridgehead atoms. The molecule has 6 amide bonds. The molecule has 16 nitrogen and oxygen atoms in total. The van der Waals surface area contributed by atoms with Gasteiger partial charge in [-0.3, -0.25) is 43.5 Å². The monoisotopic (exact) mass is 651 g/mol. The van der Waals surface area contributed by atoms with E-state index in [0.717, 1.165) is 51.2 Å². The van der Waals surface area contributed by atoms with E-state index in [1.54, 1.807) is 0 Å². The molecule has 0 radical (unpaired) electrons. The fourth-order valence-corrected chi connectivity index (χ4v) is 4.82. The SMILES string of the molecule is COCC(COCCC(O)CN1C(=O)C=CC1=O)(COCCC(O)CN1C(=O)C=CC1=O)COCCC(O)CN1C(=O)C=CC1=O. The first-order valence-electron chi connectivity index (χ1n) is 14.8. The predicted octanol–water partition coefficient (Wildman–Crippen LogP) is -2.30. The number of β-amino-alcohol motifs (C(OH)–C–C–N with tert-alkyl or cyclic N) is 3. The summed E-state index contributed by atoms with van der Waals surface area (Å²) in [5, 5.41) is 31.0. The molecule has 0 aromatic carbocycles. The Morgan fingerprint density at radius 2 is 0.783 bits per heavy atom. The van der Waals surface area contributed by atoms with Crippen LogP contribution in [0.25, 0.3) is 0 Å². The van der Waals surface area contributed by atoms with Crippen molar-refractivity contribution < 1.29 is 63.0 Å². The van der Waals surface area contributed by atoms with Crippen LogP contribution >= 0.6 is 0 Å². The molecule has 0 aromatic rings. The maximum Gasteiger partial charge on any atom is 0.253 e. The van der Waals surface area contributed by atoms with Gasteiger partial charge >= 0.3 is 0 Å². The van der Waals surface area contributed by atoms with Gasteiger partial charge in [-0.25, -0.2) is 0 Å². The number of hydrogen-bond donors (Lipinski definition) is 3. The molecule has 0 saturated carbocycles. The second-order valence-corrected chi connectivity index (χ2v) is 11.3. The zero-order valence-corrected chi connectivity index (χ0v) is 25.7. The summed E-state index contributed by atoms with van der Waals surface area (Å²) >= 11 is 0.